The maximum atomic E-state index is 9.74. The zero-order chi connectivity index (χ0) is 27.5. The Kier molecular flexibility index (Phi) is 7.99. The fourth-order valence-electron chi connectivity index (χ4n) is 4.19. The van der Waals surface area contributed by atoms with Gasteiger partial charge in [0.15, 0.2) is 8.32 Å². The first-order valence-electron chi connectivity index (χ1n) is 12.9. The van der Waals surface area contributed by atoms with Gasteiger partial charge in [-0.1, -0.05) is 26.8 Å². The van der Waals surface area contributed by atoms with Crippen molar-refractivity contribution < 1.29 is 9.16 Å². The Labute approximate surface area is 226 Å². The number of benzene rings is 1. The van der Waals surface area contributed by atoms with Crippen molar-refractivity contribution in [2.24, 2.45) is 0 Å². The monoisotopic (exact) mass is 531 g/mol. The van der Waals surface area contributed by atoms with Gasteiger partial charge in [0.1, 0.15) is 18.2 Å². The topological polar surface area (TPSA) is 109 Å². The minimum absolute atomic E-state index is 0.0784. The van der Waals surface area contributed by atoms with Crippen molar-refractivity contribution in [3.8, 4) is 12.1 Å². The third-order valence-electron chi connectivity index (χ3n) is 7.58. The maximum Gasteiger partial charge on any atom is 0.316 e. The lowest BCUT2D eigenvalue weighted by molar-refractivity contribution is 0.271. The number of nitriles is 1. The zero-order valence-electron chi connectivity index (χ0n) is 23.4. The van der Waals surface area contributed by atoms with Crippen LogP contribution in [0.3, 0.4) is 0 Å². The summed E-state index contributed by atoms with van der Waals surface area (Å²) in [6.45, 7) is 15.0. The van der Waals surface area contributed by atoms with Crippen molar-refractivity contribution in [1.82, 2.24) is 19.9 Å². The lowest BCUT2D eigenvalue weighted by atomic mass is 10.0. The Morgan fingerprint density at radius 3 is 2.55 bits per heavy atom. The molecule has 1 atom stereocenters. The molecular weight excluding hydrogens is 494 g/mol. The average Bonchev–Trinajstić information content (AvgIpc) is 2.90. The molecule has 0 radical (unpaired) electrons. The van der Waals surface area contributed by atoms with Crippen LogP contribution >= 0.6 is 0 Å². The number of anilines is 2. The number of rotatable bonds is 8. The van der Waals surface area contributed by atoms with E-state index in [-0.39, 0.29) is 11.1 Å². The Morgan fingerprint density at radius 1 is 1.16 bits per heavy atom. The predicted octanol–water partition coefficient (Wildman–Crippen LogP) is 5.19. The molecule has 200 valence electrons. The first kappa shape index (κ1) is 27.5. The summed E-state index contributed by atoms with van der Waals surface area (Å²) >= 11 is 0. The Hall–Kier alpha value is -3.55. The highest BCUT2D eigenvalue weighted by Crippen LogP contribution is 2.38. The van der Waals surface area contributed by atoms with E-state index in [0.29, 0.717) is 24.7 Å². The molecule has 0 spiro atoms. The molecule has 1 aromatic carbocycles. The minimum atomic E-state index is -2.01. The molecule has 1 aliphatic rings. The van der Waals surface area contributed by atoms with Gasteiger partial charge in [-0.25, -0.2) is 19.9 Å². The molecule has 2 aromatic heterocycles. The van der Waals surface area contributed by atoms with E-state index in [9.17, 15) is 5.26 Å². The SMILES string of the molecule is COc1ncc(C(CO[Si](C)(C)C(C)(C)C)Nc2ncnc3c2CN(c2ccc(C)cc2C#N)CC3)cn1. The van der Waals surface area contributed by atoms with Gasteiger partial charge in [0.25, 0.3) is 0 Å². The third-order valence-corrected chi connectivity index (χ3v) is 12.1. The number of hydrogen-bond acceptors (Lipinski definition) is 9. The van der Waals surface area contributed by atoms with Crippen LogP contribution in [0.1, 0.15) is 54.8 Å². The Bertz CT molecular complexity index is 1320. The van der Waals surface area contributed by atoms with Gasteiger partial charge >= 0.3 is 6.01 Å². The molecule has 9 nitrogen and oxygen atoms in total. The molecule has 0 saturated carbocycles. The van der Waals surface area contributed by atoms with Crippen LogP contribution < -0.4 is 15.0 Å². The summed E-state index contributed by atoms with van der Waals surface area (Å²) in [5.74, 6) is 0.755. The molecule has 3 heterocycles. The number of nitrogens with one attached hydrogen (secondary N) is 1. The van der Waals surface area contributed by atoms with Crippen molar-refractivity contribution >= 4 is 19.8 Å². The van der Waals surface area contributed by atoms with Crippen LogP contribution in [0.5, 0.6) is 6.01 Å². The van der Waals surface area contributed by atoms with E-state index in [1.54, 1.807) is 25.8 Å². The lowest BCUT2D eigenvalue weighted by Gasteiger charge is -2.37. The van der Waals surface area contributed by atoms with E-state index in [0.717, 1.165) is 46.9 Å². The molecule has 0 amide bonds. The standard InChI is InChI=1S/C28H37N7O2Si/c1-19-8-9-25(20(12-19)13-29)35-11-10-23-22(16-35)26(33-18-32-23)34-24(17-37-38(6,7)28(2,3)4)21-14-30-27(36-5)31-15-21/h8-9,12,14-15,18,24H,10-11,16-17H2,1-7H3,(H,32,33,34). The van der Waals surface area contributed by atoms with Gasteiger partial charge in [0.2, 0.25) is 0 Å². The average molecular weight is 532 g/mol. The summed E-state index contributed by atoms with van der Waals surface area (Å²) in [5.41, 5.74) is 5.60. The minimum Gasteiger partial charge on any atom is -0.467 e. The third kappa shape index (κ3) is 5.95. The van der Waals surface area contributed by atoms with Gasteiger partial charge in [-0.05, 0) is 42.8 Å². The van der Waals surface area contributed by atoms with Crippen LogP contribution in [0.2, 0.25) is 18.1 Å². The van der Waals surface area contributed by atoms with Crippen LogP contribution in [0.25, 0.3) is 0 Å². The van der Waals surface area contributed by atoms with Crippen molar-refractivity contribution in [2.45, 2.75) is 64.8 Å². The summed E-state index contributed by atoms with van der Waals surface area (Å²) in [7, 11) is -0.460. The van der Waals surface area contributed by atoms with Crippen LogP contribution in [0, 0.1) is 18.3 Å². The first-order valence-corrected chi connectivity index (χ1v) is 15.8. The molecule has 1 unspecified atom stereocenters. The van der Waals surface area contributed by atoms with Gasteiger partial charge in [-0.2, -0.15) is 5.26 Å². The number of aromatic nitrogens is 4. The maximum absolute atomic E-state index is 9.74. The molecular formula is C28H37N7O2Si. The lowest BCUT2D eigenvalue weighted by Crippen LogP contribution is -2.42. The molecule has 3 aromatic rings. The van der Waals surface area contributed by atoms with E-state index in [2.05, 4.69) is 70.1 Å². The number of hydrogen-bond donors (Lipinski definition) is 1. The number of nitrogens with zero attached hydrogens (tertiary/aromatic N) is 6. The fraction of sp³-hybridized carbons (Fsp3) is 0.464. The van der Waals surface area contributed by atoms with Crippen LogP contribution in [-0.2, 0) is 17.4 Å². The van der Waals surface area contributed by atoms with Gasteiger partial charge in [0, 0.05) is 43.0 Å². The summed E-state index contributed by atoms with van der Waals surface area (Å²) in [5, 5.41) is 13.4. The van der Waals surface area contributed by atoms with E-state index >= 15 is 0 Å². The molecule has 38 heavy (non-hydrogen) atoms. The highest BCUT2D eigenvalue weighted by molar-refractivity contribution is 6.74. The first-order chi connectivity index (χ1) is 18.0. The smallest absolute Gasteiger partial charge is 0.316 e. The van der Waals surface area contributed by atoms with Crippen LogP contribution in [-0.4, -0.2) is 48.5 Å². The van der Waals surface area contributed by atoms with Crippen molar-refractivity contribution in [3.05, 3.63) is 64.9 Å². The van der Waals surface area contributed by atoms with Crippen molar-refractivity contribution in [3.63, 3.8) is 0 Å². The number of ether oxygens (including phenoxy) is 1. The van der Waals surface area contributed by atoms with Gasteiger partial charge in [0.05, 0.1) is 36.7 Å². The van der Waals surface area contributed by atoms with E-state index in [1.165, 1.54) is 0 Å². The zero-order valence-corrected chi connectivity index (χ0v) is 24.4. The number of methoxy groups -OCH3 is 1. The summed E-state index contributed by atoms with van der Waals surface area (Å²) in [6, 6.07) is 8.46. The normalized spacial score (nSPS) is 14.4. The molecule has 1 aliphatic heterocycles. The second-order valence-corrected chi connectivity index (χ2v) is 16.0. The molecule has 0 aliphatic carbocycles. The number of aryl methyl sites for hydroxylation is 1. The summed E-state index contributed by atoms with van der Waals surface area (Å²) in [4.78, 5) is 20.1. The Balaban J connectivity index is 1.65. The predicted molar refractivity (Wildman–Crippen MR) is 151 cm³/mol. The summed E-state index contributed by atoms with van der Waals surface area (Å²) in [6.07, 6.45) is 5.91. The molecule has 4 rings (SSSR count). The molecule has 0 bridgehead atoms. The van der Waals surface area contributed by atoms with E-state index < -0.39 is 8.32 Å². The molecule has 0 saturated heterocycles. The number of fused-ring (bicyclic) bond motifs is 1. The van der Waals surface area contributed by atoms with Gasteiger partial charge in [-0.15, -0.1) is 0 Å². The van der Waals surface area contributed by atoms with Crippen LogP contribution in [0.4, 0.5) is 11.5 Å². The molecule has 10 heteroatoms. The molecule has 1 N–H and O–H groups in total. The second kappa shape index (κ2) is 11.1. The van der Waals surface area contributed by atoms with E-state index in [4.69, 9.17) is 9.16 Å². The van der Waals surface area contributed by atoms with Crippen LogP contribution in [0.15, 0.2) is 36.9 Å². The van der Waals surface area contributed by atoms with Gasteiger partial charge in [-0.3, -0.25) is 0 Å². The van der Waals surface area contributed by atoms with Crippen molar-refractivity contribution in [1.29, 1.82) is 5.26 Å². The Morgan fingerprint density at radius 2 is 1.89 bits per heavy atom. The van der Waals surface area contributed by atoms with Gasteiger partial charge < -0.3 is 19.4 Å². The quantitative estimate of drug-likeness (QED) is 0.393. The highest BCUT2D eigenvalue weighted by atomic mass is 28.4. The highest BCUT2D eigenvalue weighted by Gasteiger charge is 2.38. The van der Waals surface area contributed by atoms with Crippen molar-refractivity contribution in [2.75, 3.05) is 30.5 Å². The summed E-state index contributed by atoms with van der Waals surface area (Å²) < 4.78 is 11.8. The van der Waals surface area contributed by atoms with E-state index in [1.807, 2.05) is 25.1 Å². The fourth-order valence-corrected chi connectivity index (χ4v) is 5.21. The molecule has 0 fully saturated rings. The second-order valence-electron chi connectivity index (χ2n) is 11.2. The largest absolute Gasteiger partial charge is 0.467 e.